The van der Waals surface area contributed by atoms with Crippen molar-refractivity contribution < 1.29 is 26.4 Å². The molecule has 0 aliphatic carbocycles. The quantitative estimate of drug-likeness (QED) is 0.896. The predicted molar refractivity (Wildman–Crippen MR) is 76.8 cm³/mol. The van der Waals surface area contributed by atoms with Gasteiger partial charge >= 0.3 is 6.18 Å². The molecule has 0 aliphatic heterocycles. The summed E-state index contributed by atoms with van der Waals surface area (Å²) in [5.74, 6) is -0.710. The summed E-state index contributed by atoms with van der Waals surface area (Å²) in [6.45, 7) is 2.73. The zero-order chi connectivity index (χ0) is 17.1. The number of anilines is 1. The maximum Gasteiger partial charge on any atom is 0.416 e. The summed E-state index contributed by atoms with van der Waals surface area (Å²) in [4.78, 5) is 11.8. The fourth-order valence-electron chi connectivity index (χ4n) is 1.80. The first kappa shape index (κ1) is 18.4. The third kappa shape index (κ3) is 5.30. The van der Waals surface area contributed by atoms with Crippen LogP contribution in [0.5, 0.6) is 0 Å². The number of nitrogens with one attached hydrogen (secondary N) is 1. The van der Waals surface area contributed by atoms with Gasteiger partial charge in [0.1, 0.15) is 0 Å². The Hall–Kier alpha value is -1.61. The van der Waals surface area contributed by atoms with E-state index in [1.54, 1.807) is 13.8 Å². The van der Waals surface area contributed by atoms with E-state index in [2.05, 4.69) is 5.32 Å². The Bertz CT molecular complexity index is 642. The molecule has 124 valence electrons. The molecule has 0 bridgehead atoms. The summed E-state index contributed by atoms with van der Waals surface area (Å²) in [5, 5.41) is 2.27. The van der Waals surface area contributed by atoms with Gasteiger partial charge in [0.25, 0.3) is 0 Å². The summed E-state index contributed by atoms with van der Waals surface area (Å²) in [7, 11) is -3.59. The van der Waals surface area contributed by atoms with Crippen molar-refractivity contribution in [1.82, 2.24) is 4.31 Å². The number of benzene rings is 1. The van der Waals surface area contributed by atoms with Gasteiger partial charge in [-0.05, 0) is 32.0 Å². The first-order chi connectivity index (χ1) is 9.91. The Morgan fingerprint density at radius 2 is 1.91 bits per heavy atom. The highest BCUT2D eigenvalue weighted by atomic mass is 32.2. The van der Waals surface area contributed by atoms with E-state index in [-0.39, 0.29) is 5.69 Å². The predicted octanol–water partition coefficient (Wildman–Crippen LogP) is 2.31. The Labute approximate surface area is 127 Å². The highest BCUT2D eigenvalue weighted by Gasteiger charge is 2.30. The first-order valence-corrected chi connectivity index (χ1v) is 8.20. The van der Waals surface area contributed by atoms with Gasteiger partial charge in [0, 0.05) is 11.7 Å². The van der Waals surface area contributed by atoms with Gasteiger partial charge in [-0.2, -0.15) is 17.5 Å². The zero-order valence-corrected chi connectivity index (χ0v) is 13.1. The van der Waals surface area contributed by atoms with Crippen LogP contribution in [0.3, 0.4) is 0 Å². The SMILES string of the molecule is CC(C)N(CC(=O)Nc1cccc(C(F)(F)F)c1)S(C)(=O)=O. The molecule has 1 rings (SSSR count). The number of amides is 1. The Morgan fingerprint density at radius 3 is 2.36 bits per heavy atom. The van der Waals surface area contributed by atoms with Crippen LogP contribution in [-0.2, 0) is 21.0 Å². The van der Waals surface area contributed by atoms with Crippen molar-refractivity contribution in [3.05, 3.63) is 29.8 Å². The van der Waals surface area contributed by atoms with Crippen molar-refractivity contribution in [2.24, 2.45) is 0 Å². The number of hydrogen-bond donors (Lipinski definition) is 1. The van der Waals surface area contributed by atoms with Crippen molar-refractivity contribution >= 4 is 21.6 Å². The van der Waals surface area contributed by atoms with Crippen molar-refractivity contribution in [1.29, 1.82) is 0 Å². The second kappa shape index (κ2) is 6.66. The summed E-state index contributed by atoms with van der Waals surface area (Å²) in [5.41, 5.74) is -0.939. The van der Waals surface area contributed by atoms with Gasteiger partial charge in [-0.15, -0.1) is 0 Å². The highest BCUT2D eigenvalue weighted by Crippen LogP contribution is 2.30. The largest absolute Gasteiger partial charge is 0.416 e. The molecule has 1 aromatic rings. The third-order valence-corrected chi connectivity index (χ3v) is 4.18. The number of halogens is 3. The molecule has 0 aliphatic rings. The molecule has 1 aromatic carbocycles. The molecule has 0 unspecified atom stereocenters. The molecule has 0 saturated heterocycles. The van der Waals surface area contributed by atoms with Crippen molar-refractivity contribution in [3.8, 4) is 0 Å². The van der Waals surface area contributed by atoms with E-state index in [1.807, 2.05) is 0 Å². The van der Waals surface area contributed by atoms with Crippen LogP contribution in [0, 0.1) is 0 Å². The molecule has 0 spiro atoms. The van der Waals surface area contributed by atoms with Crippen LogP contribution >= 0.6 is 0 Å². The lowest BCUT2D eigenvalue weighted by Gasteiger charge is -2.23. The minimum absolute atomic E-state index is 0.0444. The number of rotatable bonds is 5. The molecule has 0 fully saturated rings. The molecule has 0 atom stereocenters. The molecule has 0 saturated carbocycles. The van der Waals surface area contributed by atoms with Crippen LogP contribution < -0.4 is 5.32 Å². The average Bonchev–Trinajstić information content (AvgIpc) is 2.33. The van der Waals surface area contributed by atoms with E-state index < -0.39 is 40.3 Å². The standard InChI is InChI=1S/C13H17F3N2O3S/c1-9(2)18(22(3,20)21)8-12(19)17-11-6-4-5-10(7-11)13(14,15)16/h4-7,9H,8H2,1-3H3,(H,17,19). The number of sulfonamides is 1. The van der Waals surface area contributed by atoms with E-state index in [4.69, 9.17) is 0 Å². The minimum atomic E-state index is -4.52. The van der Waals surface area contributed by atoms with Crippen LogP contribution in [-0.4, -0.2) is 37.5 Å². The van der Waals surface area contributed by atoms with Crippen molar-refractivity contribution in [2.75, 3.05) is 18.1 Å². The molecule has 0 radical (unpaired) electrons. The summed E-state index contributed by atoms with van der Waals surface area (Å²) in [6, 6.07) is 3.69. The lowest BCUT2D eigenvalue weighted by molar-refractivity contribution is -0.137. The van der Waals surface area contributed by atoms with Crippen LogP contribution in [0.1, 0.15) is 19.4 Å². The lowest BCUT2D eigenvalue weighted by Crippen LogP contribution is -2.41. The van der Waals surface area contributed by atoms with E-state index in [0.717, 1.165) is 28.8 Å². The lowest BCUT2D eigenvalue weighted by atomic mass is 10.2. The average molecular weight is 338 g/mol. The number of alkyl halides is 3. The van der Waals surface area contributed by atoms with Crippen LogP contribution in [0.25, 0.3) is 0 Å². The fraction of sp³-hybridized carbons (Fsp3) is 0.462. The highest BCUT2D eigenvalue weighted by molar-refractivity contribution is 7.88. The van der Waals surface area contributed by atoms with Gasteiger partial charge in [-0.1, -0.05) is 6.07 Å². The molecule has 9 heteroatoms. The maximum absolute atomic E-state index is 12.6. The molecule has 5 nitrogen and oxygen atoms in total. The molecule has 1 N–H and O–H groups in total. The maximum atomic E-state index is 12.6. The van der Waals surface area contributed by atoms with E-state index >= 15 is 0 Å². The van der Waals surface area contributed by atoms with Crippen molar-refractivity contribution in [3.63, 3.8) is 0 Å². The molecule has 22 heavy (non-hydrogen) atoms. The van der Waals surface area contributed by atoms with E-state index in [0.29, 0.717) is 0 Å². The van der Waals surface area contributed by atoms with E-state index in [9.17, 15) is 26.4 Å². The Morgan fingerprint density at radius 1 is 1.32 bits per heavy atom. The number of hydrogen-bond acceptors (Lipinski definition) is 3. The normalized spacial score (nSPS) is 12.7. The van der Waals surface area contributed by atoms with Gasteiger partial charge in [0.15, 0.2) is 0 Å². The zero-order valence-electron chi connectivity index (χ0n) is 12.3. The first-order valence-electron chi connectivity index (χ1n) is 6.35. The van der Waals surface area contributed by atoms with Crippen LogP contribution in [0.15, 0.2) is 24.3 Å². The molecular formula is C13H17F3N2O3S. The Kier molecular flexibility index (Phi) is 5.58. The monoisotopic (exact) mass is 338 g/mol. The Balaban J connectivity index is 2.85. The molecule has 0 heterocycles. The fourth-order valence-corrected chi connectivity index (χ4v) is 2.92. The number of carbonyl (C=O) groups excluding carboxylic acids is 1. The van der Waals surface area contributed by atoms with Crippen LogP contribution in [0.2, 0.25) is 0 Å². The van der Waals surface area contributed by atoms with Crippen LogP contribution in [0.4, 0.5) is 18.9 Å². The van der Waals surface area contributed by atoms with E-state index in [1.165, 1.54) is 6.07 Å². The number of carbonyl (C=O) groups is 1. The summed E-state index contributed by atoms with van der Waals surface area (Å²) >= 11 is 0. The van der Waals surface area contributed by atoms with Gasteiger partial charge in [-0.3, -0.25) is 4.79 Å². The van der Waals surface area contributed by atoms with Gasteiger partial charge in [0.05, 0.1) is 18.4 Å². The molecular weight excluding hydrogens is 321 g/mol. The summed E-state index contributed by atoms with van der Waals surface area (Å²) < 4.78 is 61.8. The smallest absolute Gasteiger partial charge is 0.325 e. The molecule has 0 aromatic heterocycles. The van der Waals surface area contributed by atoms with Crippen molar-refractivity contribution in [2.45, 2.75) is 26.1 Å². The minimum Gasteiger partial charge on any atom is -0.325 e. The second-order valence-electron chi connectivity index (χ2n) is 5.03. The van der Waals surface area contributed by atoms with Gasteiger partial charge in [-0.25, -0.2) is 8.42 Å². The second-order valence-corrected chi connectivity index (χ2v) is 6.96. The molecule has 1 amide bonds. The van der Waals surface area contributed by atoms with Gasteiger partial charge < -0.3 is 5.32 Å². The van der Waals surface area contributed by atoms with Gasteiger partial charge in [0.2, 0.25) is 15.9 Å². The summed E-state index contributed by atoms with van der Waals surface area (Å²) in [6.07, 6.45) is -3.55. The number of nitrogens with zero attached hydrogens (tertiary/aromatic N) is 1. The third-order valence-electron chi connectivity index (χ3n) is 2.78. The topological polar surface area (TPSA) is 66.5 Å².